The Bertz CT molecular complexity index is 2100. The first kappa shape index (κ1) is 33.0. The number of aliphatic hydroxyl groups is 1. The van der Waals surface area contributed by atoms with E-state index in [9.17, 15) is 19.5 Å². The van der Waals surface area contributed by atoms with E-state index in [4.69, 9.17) is 23.4 Å². The molecule has 5 aromatic rings. The van der Waals surface area contributed by atoms with Crippen molar-refractivity contribution in [2.45, 2.75) is 26.5 Å². The minimum Gasteiger partial charge on any atom is -0.503 e. The van der Waals surface area contributed by atoms with Crippen molar-refractivity contribution < 1.29 is 42.9 Å². The summed E-state index contributed by atoms with van der Waals surface area (Å²) in [6.45, 7) is 7.55. The van der Waals surface area contributed by atoms with Crippen molar-refractivity contribution in [2.75, 3.05) is 25.2 Å². The Kier molecular flexibility index (Phi) is 9.49. The van der Waals surface area contributed by atoms with Gasteiger partial charge in [-0.15, -0.1) is 0 Å². The maximum Gasteiger partial charge on any atom is 0.350 e. The second-order valence-corrected chi connectivity index (χ2v) is 11.8. The van der Waals surface area contributed by atoms with Crippen LogP contribution in [0.1, 0.15) is 50.0 Å². The molecule has 0 fully saturated rings. The molecule has 0 spiro atoms. The molecule has 1 aliphatic heterocycles. The highest BCUT2D eigenvalue weighted by Gasteiger charge is 2.47. The Balaban J connectivity index is 1.45. The predicted octanol–water partition coefficient (Wildman–Crippen LogP) is 7.31. The number of esters is 1. The van der Waals surface area contributed by atoms with Gasteiger partial charge in [0, 0.05) is 5.39 Å². The van der Waals surface area contributed by atoms with Crippen LogP contribution in [0.25, 0.3) is 11.0 Å². The molecule has 0 saturated heterocycles. The number of ether oxygens (including phenoxy) is 4. The van der Waals surface area contributed by atoms with Crippen LogP contribution in [0.3, 0.4) is 0 Å². The first-order valence-corrected chi connectivity index (χ1v) is 16.1. The number of methoxy groups -OCH3 is 1. The molecule has 1 N–H and O–H groups in total. The molecule has 0 saturated carbocycles. The highest BCUT2D eigenvalue weighted by Crippen LogP contribution is 2.46. The molecule has 12 heteroatoms. The van der Waals surface area contributed by atoms with Crippen LogP contribution < -0.4 is 19.1 Å². The number of aliphatic hydroxyl groups excluding tert-OH is 1. The molecule has 250 valence electrons. The Labute approximate surface area is 285 Å². The zero-order chi connectivity index (χ0) is 34.7. The Morgan fingerprint density at radius 2 is 1.84 bits per heavy atom. The van der Waals surface area contributed by atoms with Gasteiger partial charge in [-0.3, -0.25) is 14.5 Å². The topological polar surface area (TPSA) is 138 Å². The number of amides is 1. The molecular formula is C37H32N2O9S. The van der Waals surface area contributed by atoms with E-state index in [1.54, 1.807) is 43.3 Å². The Morgan fingerprint density at radius 3 is 2.57 bits per heavy atom. The summed E-state index contributed by atoms with van der Waals surface area (Å²) in [7, 11) is 1.48. The highest BCUT2D eigenvalue weighted by atomic mass is 32.1. The zero-order valence-electron chi connectivity index (χ0n) is 26.9. The number of Topliss-reactive ketones (excluding diaryl/α,β-unsaturated/α-hetero) is 1. The van der Waals surface area contributed by atoms with Gasteiger partial charge in [0.1, 0.15) is 18.1 Å². The van der Waals surface area contributed by atoms with Crippen molar-refractivity contribution in [1.29, 1.82) is 0 Å². The molecular weight excluding hydrogens is 648 g/mol. The van der Waals surface area contributed by atoms with Gasteiger partial charge >= 0.3 is 5.97 Å². The molecule has 1 unspecified atom stereocenters. The number of para-hydroxylation sites is 1. The summed E-state index contributed by atoms with van der Waals surface area (Å²) in [6.07, 6.45) is 1.44. The summed E-state index contributed by atoms with van der Waals surface area (Å²) in [5.74, 6) is -1.94. The van der Waals surface area contributed by atoms with E-state index in [1.807, 2.05) is 37.3 Å². The minimum absolute atomic E-state index is 0.0149. The van der Waals surface area contributed by atoms with E-state index in [-0.39, 0.29) is 34.6 Å². The third-order valence-electron chi connectivity index (χ3n) is 7.73. The van der Waals surface area contributed by atoms with Gasteiger partial charge in [0.05, 0.1) is 31.0 Å². The van der Waals surface area contributed by atoms with Crippen LogP contribution in [0.15, 0.2) is 101 Å². The maximum absolute atomic E-state index is 14.3. The van der Waals surface area contributed by atoms with Crippen molar-refractivity contribution in [3.05, 3.63) is 124 Å². The van der Waals surface area contributed by atoms with E-state index < -0.39 is 29.5 Å². The lowest BCUT2D eigenvalue weighted by atomic mass is 9.95. The van der Waals surface area contributed by atoms with Gasteiger partial charge in [0.2, 0.25) is 5.78 Å². The molecule has 1 amide bonds. The SMILES string of the molecule is C=CCOC(=O)c1sc(N2C(=O)C(O)=C(C(=O)c3cc4cccc(OC)c4o3)C2c2ccc(OCc3ccccc3)c(OCC)c2)nc1C. The van der Waals surface area contributed by atoms with E-state index in [1.165, 1.54) is 24.2 Å². The Morgan fingerprint density at radius 1 is 1.04 bits per heavy atom. The molecule has 49 heavy (non-hydrogen) atoms. The number of aryl methyl sites for hydroxylation is 1. The molecule has 3 heterocycles. The second kappa shape index (κ2) is 14.1. The second-order valence-electron chi connectivity index (χ2n) is 10.9. The fraction of sp³-hybridized carbons (Fsp3) is 0.189. The first-order chi connectivity index (χ1) is 23.7. The predicted molar refractivity (Wildman–Crippen MR) is 183 cm³/mol. The molecule has 1 atom stereocenters. The number of furan rings is 1. The zero-order valence-corrected chi connectivity index (χ0v) is 27.7. The van der Waals surface area contributed by atoms with Gasteiger partial charge in [-0.2, -0.15) is 0 Å². The average Bonchev–Trinajstić information content (AvgIpc) is 3.80. The highest BCUT2D eigenvalue weighted by molar-refractivity contribution is 7.17. The third kappa shape index (κ3) is 6.38. The quantitative estimate of drug-likeness (QED) is 0.0765. The number of hydrogen-bond acceptors (Lipinski definition) is 11. The van der Waals surface area contributed by atoms with Crippen molar-refractivity contribution >= 4 is 45.1 Å². The molecule has 2 aromatic heterocycles. The molecule has 1 aliphatic rings. The van der Waals surface area contributed by atoms with E-state index in [2.05, 4.69) is 11.6 Å². The third-order valence-corrected chi connectivity index (χ3v) is 8.87. The summed E-state index contributed by atoms with van der Waals surface area (Å²) in [4.78, 5) is 46.8. The van der Waals surface area contributed by atoms with Gasteiger partial charge in [-0.1, -0.05) is 72.5 Å². The lowest BCUT2D eigenvalue weighted by Crippen LogP contribution is -2.31. The largest absolute Gasteiger partial charge is 0.503 e. The van der Waals surface area contributed by atoms with Crippen LogP contribution in [-0.4, -0.2) is 48.1 Å². The van der Waals surface area contributed by atoms with Crippen molar-refractivity contribution in [2.24, 2.45) is 0 Å². The number of benzene rings is 3. The summed E-state index contributed by atoms with van der Waals surface area (Å²) < 4.78 is 28.6. The van der Waals surface area contributed by atoms with Crippen LogP contribution in [-0.2, 0) is 16.1 Å². The Hall–Kier alpha value is -5.88. The molecule has 0 bridgehead atoms. The van der Waals surface area contributed by atoms with Crippen molar-refractivity contribution in [3.63, 3.8) is 0 Å². The fourth-order valence-electron chi connectivity index (χ4n) is 5.48. The summed E-state index contributed by atoms with van der Waals surface area (Å²) in [5.41, 5.74) is 1.76. The summed E-state index contributed by atoms with van der Waals surface area (Å²) in [5, 5.41) is 12.1. The van der Waals surface area contributed by atoms with Crippen LogP contribution in [0.4, 0.5) is 5.13 Å². The van der Waals surface area contributed by atoms with Gasteiger partial charge in [0.25, 0.3) is 5.91 Å². The maximum atomic E-state index is 14.3. The fourth-order valence-corrected chi connectivity index (χ4v) is 6.47. The van der Waals surface area contributed by atoms with Crippen LogP contribution in [0.5, 0.6) is 17.2 Å². The number of carbonyl (C=O) groups is 3. The number of anilines is 1. The number of aromatic nitrogens is 1. The van der Waals surface area contributed by atoms with E-state index >= 15 is 0 Å². The van der Waals surface area contributed by atoms with Crippen molar-refractivity contribution in [3.8, 4) is 17.2 Å². The lowest BCUT2D eigenvalue weighted by molar-refractivity contribution is -0.117. The molecule has 3 aromatic carbocycles. The number of fused-ring (bicyclic) bond motifs is 1. The smallest absolute Gasteiger partial charge is 0.350 e. The van der Waals surface area contributed by atoms with E-state index in [0.717, 1.165) is 16.9 Å². The molecule has 0 aliphatic carbocycles. The van der Waals surface area contributed by atoms with E-state index in [0.29, 0.717) is 46.1 Å². The van der Waals surface area contributed by atoms with Gasteiger partial charge in [-0.05, 0) is 49.2 Å². The molecule has 6 rings (SSSR count). The van der Waals surface area contributed by atoms with Gasteiger partial charge < -0.3 is 28.5 Å². The monoisotopic (exact) mass is 680 g/mol. The standard InChI is InChI=1S/C37H32N2O9S/c1-5-17-46-36(43)34-21(3)38-37(49-34)39-30(23-15-16-25(27(18-23)45-6-2)47-20-22-11-8-7-9-12-22)29(32(41)35(39)42)31(40)28-19-24-13-10-14-26(44-4)33(24)48-28/h5,7-16,18-19,30,41H,1,6,17,20H2,2-4H3. The number of hydrogen-bond donors (Lipinski definition) is 1. The van der Waals surface area contributed by atoms with Crippen molar-refractivity contribution in [1.82, 2.24) is 4.98 Å². The van der Waals surface area contributed by atoms with Crippen LogP contribution >= 0.6 is 11.3 Å². The number of nitrogens with zero attached hydrogens (tertiary/aromatic N) is 2. The lowest BCUT2D eigenvalue weighted by Gasteiger charge is -2.25. The number of carbonyl (C=O) groups excluding carboxylic acids is 3. The average molecular weight is 681 g/mol. The number of rotatable bonds is 13. The number of ketones is 1. The normalized spacial score (nSPS) is 14.3. The van der Waals surface area contributed by atoms with Crippen LogP contribution in [0, 0.1) is 6.92 Å². The minimum atomic E-state index is -1.19. The molecule has 11 nitrogen and oxygen atoms in total. The van der Waals surface area contributed by atoms with Gasteiger partial charge in [0.15, 0.2) is 39.5 Å². The van der Waals surface area contributed by atoms with Gasteiger partial charge in [-0.25, -0.2) is 9.78 Å². The first-order valence-electron chi connectivity index (χ1n) is 15.3. The molecule has 0 radical (unpaired) electrons. The van der Waals surface area contributed by atoms with Crippen LogP contribution in [0.2, 0.25) is 0 Å². The summed E-state index contributed by atoms with van der Waals surface area (Å²) >= 11 is 0.901. The number of thiazole rings is 1. The summed E-state index contributed by atoms with van der Waals surface area (Å²) in [6, 6.07) is 20.2.